The third kappa shape index (κ3) is 5.22. The number of benzene rings is 1. The topological polar surface area (TPSA) is 22.1 Å². The first kappa shape index (κ1) is 15.6. The molecule has 0 spiro atoms. The molecule has 0 fully saturated rings. The molecule has 0 unspecified atom stereocenters. The predicted molar refractivity (Wildman–Crippen MR) is 87.9 cm³/mol. The van der Waals surface area contributed by atoms with Gasteiger partial charge in [-0.15, -0.1) is 0 Å². The number of hydrogen-bond donors (Lipinski definition) is 0. The van der Waals surface area contributed by atoms with Crippen LogP contribution in [0.5, 0.6) is 5.75 Å². The van der Waals surface area contributed by atoms with Crippen molar-refractivity contribution in [1.29, 1.82) is 0 Å². The maximum Gasteiger partial charge on any atom is 0.118 e. The van der Waals surface area contributed by atoms with Gasteiger partial charge in [-0.3, -0.25) is 4.98 Å². The van der Waals surface area contributed by atoms with E-state index in [4.69, 9.17) is 4.74 Å². The summed E-state index contributed by atoms with van der Waals surface area (Å²) in [4.78, 5) is 4.57. The van der Waals surface area contributed by atoms with Crippen LogP contribution in [0.25, 0.3) is 0 Å². The fourth-order valence-electron chi connectivity index (χ4n) is 2.39. The zero-order valence-corrected chi connectivity index (χ0v) is 13.1. The second kappa shape index (κ2) is 8.46. The van der Waals surface area contributed by atoms with E-state index in [1.54, 1.807) is 7.11 Å². The zero-order valence-electron chi connectivity index (χ0n) is 13.1. The second-order valence-corrected chi connectivity index (χ2v) is 5.46. The van der Waals surface area contributed by atoms with E-state index in [1.165, 1.54) is 36.1 Å². The molecule has 0 saturated heterocycles. The summed E-state index contributed by atoms with van der Waals surface area (Å²) in [6, 6.07) is 12.7. The molecule has 112 valence electrons. The summed E-state index contributed by atoms with van der Waals surface area (Å²) in [5, 5.41) is 0. The van der Waals surface area contributed by atoms with Gasteiger partial charge >= 0.3 is 0 Å². The zero-order chi connectivity index (χ0) is 14.9. The third-order valence-corrected chi connectivity index (χ3v) is 3.78. The Bertz CT molecular complexity index is 516. The lowest BCUT2D eigenvalue weighted by molar-refractivity contribution is 0.414. The molecule has 0 aliphatic heterocycles. The predicted octanol–water partition coefficient (Wildman–Crippen LogP) is 4.61. The van der Waals surface area contributed by atoms with E-state index >= 15 is 0 Å². The lowest BCUT2D eigenvalue weighted by atomic mass is 10.0. The van der Waals surface area contributed by atoms with Crippen LogP contribution in [-0.2, 0) is 19.3 Å². The van der Waals surface area contributed by atoms with Crippen molar-refractivity contribution in [2.24, 2.45) is 0 Å². The number of rotatable bonds is 8. The Morgan fingerprint density at radius 1 is 0.857 bits per heavy atom. The van der Waals surface area contributed by atoms with Gasteiger partial charge in [-0.2, -0.15) is 0 Å². The SMILES string of the molecule is CCCCCc1ccc(CCc2ccc(OC)cc2)cn1. The molecule has 0 aliphatic rings. The molecule has 1 aromatic heterocycles. The van der Waals surface area contributed by atoms with Crippen molar-refractivity contribution >= 4 is 0 Å². The van der Waals surface area contributed by atoms with Crippen LogP contribution in [-0.4, -0.2) is 12.1 Å². The first-order valence-corrected chi connectivity index (χ1v) is 7.88. The van der Waals surface area contributed by atoms with Gasteiger partial charge < -0.3 is 4.74 Å². The summed E-state index contributed by atoms with van der Waals surface area (Å²) in [6.45, 7) is 2.23. The Morgan fingerprint density at radius 3 is 2.19 bits per heavy atom. The quantitative estimate of drug-likeness (QED) is 0.660. The van der Waals surface area contributed by atoms with Crippen molar-refractivity contribution < 1.29 is 4.74 Å². The molecule has 2 aromatic rings. The van der Waals surface area contributed by atoms with Crippen LogP contribution in [0, 0.1) is 0 Å². The Balaban J connectivity index is 1.82. The number of ether oxygens (including phenoxy) is 1. The summed E-state index contributed by atoms with van der Waals surface area (Å²) >= 11 is 0. The largest absolute Gasteiger partial charge is 0.497 e. The minimum absolute atomic E-state index is 0.914. The number of pyridine rings is 1. The molecule has 0 N–H and O–H groups in total. The molecule has 21 heavy (non-hydrogen) atoms. The molecule has 0 radical (unpaired) electrons. The molecule has 1 aromatic carbocycles. The third-order valence-electron chi connectivity index (χ3n) is 3.78. The normalized spacial score (nSPS) is 10.6. The van der Waals surface area contributed by atoms with Crippen molar-refractivity contribution in [3.8, 4) is 5.75 Å². The Hall–Kier alpha value is -1.83. The van der Waals surface area contributed by atoms with Crippen molar-refractivity contribution in [3.63, 3.8) is 0 Å². The van der Waals surface area contributed by atoms with Crippen LogP contribution >= 0.6 is 0 Å². The van der Waals surface area contributed by atoms with Crippen LogP contribution in [0.15, 0.2) is 42.6 Å². The average molecular weight is 283 g/mol. The van der Waals surface area contributed by atoms with Gasteiger partial charge in [0.1, 0.15) is 5.75 Å². The maximum atomic E-state index is 5.18. The van der Waals surface area contributed by atoms with Crippen molar-refractivity contribution in [2.75, 3.05) is 7.11 Å². The lowest BCUT2D eigenvalue weighted by Crippen LogP contribution is -1.95. The van der Waals surface area contributed by atoms with Crippen LogP contribution in [0.2, 0.25) is 0 Å². The van der Waals surface area contributed by atoms with E-state index in [0.717, 1.165) is 25.0 Å². The molecule has 0 bridgehead atoms. The highest BCUT2D eigenvalue weighted by Crippen LogP contribution is 2.13. The van der Waals surface area contributed by atoms with Gasteiger partial charge in [-0.25, -0.2) is 0 Å². The molecule has 0 aliphatic carbocycles. The molecule has 2 heteroatoms. The summed E-state index contributed by atoms with van der Waals surface area (Å²) in [7, 11) is 1.70. The van der Waals surface area contributed by atoms with E-state index in [0.29, 0.717) is 0 Å². The van der Waals surface area contributed by atoms with Gasteiger partial charge in [0.15, 0.2) is 0 Å². The highest BCUT2D eigenvalue weighted by Gasteiger charge is 1.99. The number of methoxy groups -OCH3 is 1. The number of aromatic nitrogens is 1. The summed E-state index contributed by atoms with van der Waals surface area (Å²) < 4.78 is 5.18. The number of unbranched alkanes of at least 4 members (excludes halogenated alkanes) is 2. The van der Waals surface area contributed by atoms with Gasteiger partial charge in [-0.1, -0.05) is 38.0 Å². The van der Waals surface area contributed by atoms with Crippen molar-refractivity contribution in [2.45, 2.75) is 45.4 Å². The monoisotopic (exact) mass is 283 g/mol. The smallest absolute Gasteiger partial charge is 0.118 e. The fraction of sp³-hybridized carbons (Fsp3) is 0.421. The summed E-state index contributed by atoms with van der Waals surface area (Å²) in [5.41, 5.74) is 3.87. The molecular formula is C19H25NO. The molecular weight excluding hydrogens is 258 g/mol. The van der Waals surface area contributed by atoms with Crippen LogP contribution in [0.1, 0.15) is 43.0 Å². The fourth-order valence-corrected chi connectivity index (χ4v) is 2.39. The minimum Gasteiger partial charge on any atom is -0.497 e. The average Bonchev–Trinajstić information content (AvgIpc) is 2.55. The van der Waals surface area contributed by atoms with Crippen LogP contribution in [0.4, 0.5) is 0 Å². The Morgan fingerprint density at radius 2 is 1.57 bits per heavy atom. The van der Waals surface area contributed by atoms with Crippen molar-refractivity contribution in [3.05, 3.63) is 59.4 Å². The van der Waals surface area contributed by atoms with Crippen molar-refractivity contribution in [1.82, 2.24) is 4.98 Å². The second-order valence-electron chi connectivity index (χ2n) is 5.46. The molecule has 0 atom stereocenters. The highest BCUT2D eigenvalue weighted by atomic mass is 16.5. The van der Waals surface area contributed by atoms with Crippen LogP contribution < -0.4 is 4.74 Å². The van der Waals surface area contributed by atoms with E-state index in [2.05, 4.69) is 36.2 Å². The maximum absolute atomic E-state index is 5.18. The van der Waals surface area contributed by atoms with Gasteiger partial charge in [-0.05, 0) is 55.0 Å². The first-order chi connectivity index (χ1) is 10.3. The molecule has 1 heterocycles. The van der Waals surface area contributed by atoms with Gasteiger partial charge in [0, 0.05) is 11.9 Å². The van der Waals surface area contributed by atoms with Gasteiger partial charge in [0.2, 0.25) is 0 Å². The lowest BCUT2D eigenvalue weighted by Gasteiger charge is -2.05. The van der Waals surface area contributed by atoms with E-state index in [1.807, 2.05) is 18.3 Å². The summed E-state index contributed by atoms with van der Waals surface area (Å²) in [6.07, 6.45) is 9.02. The van der Waals surface area contributed by atoms with E-state index in [9.17, 15) is 0 Å². The molecule has 0 amide bonds. The van der Waals surface area contributed by atoms with E-state index in [-0.39, 0.29) is 0 Å². The number of nitrogens with zero attached hydrogens (tertiary/aromatic N) is 1. The first-order valence-electron chi connectivity index (χ1n) is 7.88. The van der Waals surface area contributed by atoms with Crippen LogP contribution in [0.3, 0.4) is 0 Å². The molecule has 0 saturated carbocycles. The number of aryl methyl sites for hydroxylation is 3. The molecule has 2 nitrogen and oxygen atoms in total. The van der Waals surface area contributed by atoms with E-state index < -0.39 is 0 Å². The summed E-state index contributed by atoms with van der Waals surface area (Å²) in [5.74, 6) is 0.914. The standard InChI is InChI=1S/C19H25NO/c1-3-4-5-6-18-12-9-17(15-20-18)8-7-16-10-13-19(21-2)14-11-16/h9-15H,3-8H2,1-2H3. The highest BCUT2D eigenvalue weighted by molar-refractivity contribution is 5.28. The molecule has 2 rings (SSSR count). The Kier molecular flexibility index (Phi) is 6.26. The van der Waals surface area contributed by atoms with Gasteiger partial charge in [0.05, 0.1) is 7.11 Å². The minimum atomic E-state index is 0.914. The Labute approximate surface area is 128 Å². The van der Waals surface area contributed by atoms with Gasteiger partial charge in [0.25, 0.3) is 0 Å². The number of hydrogen-bond acceptors (Lipinski definition) is 2.